The zero-order chi connectivity index (χ0) is 30.1. The number of ketones is 2. The second kappa shape index (κ2) is 14.9. The molecule has 2 bridgehead atoms. The standard InChI is InChI=1S/C30H42N2O8/c1-16-10-9-11-17(2)29(35)31-23-15-21(33)14-22(26(23)34)27(39-7)20(5)13-24(38-6)28(40-8)19(4)12-18(3)25(16)32-30(36)37/h9-12,14-16,19-20,24-25,27-28,32H,13H2,1-8H3,(H,31,35)(H,36,37)/t16-,19-,20-,24-,25+,27+,28+/m0/s1. The van der Waals surface area contributed by atoms with Crippen LogP contribution in [0.2, 0.25) is 0 Å². The lowest BCUT2D eigenvalue weighted by molar-refractivity contribution is -0.120. The molecule has 2 amide bonds. The fourth-order valence-corrected chi connectivity index (χ4v) is 5.34. The Labute approximate surface area is 236 Å². The van der Waals surface area contributed by atoms with E-state index in [2.05, 4.69) is 10.6 Å². The van der Waals surface area contributed by atoms with Crippen molar-refractivity contribution >= 4 is 23.6 Å². The van der Waals surface area contributed by atoms with E-state index in [0.717, 1.165) is 11.6 Å². The first-order chi connectivity index (χ1) is 18.8. The van der Waals surface area contributed by atoms with E-state index < -0.39 is 47.9 Å². The van der Waals surface area contributed by atoms with E-state index >= 15 is 0 Å². The lowest BCUT2D eigenvalue weighted by atomic mass is 9.83. The highest BCUT2D eigenvalue weighted by molar-refractivity contribution is 6.22. The predicted molar refractivity (Wildman–Crippen MR) is 150 cm³/mol. The summed E-state index contributed by atoms with van der Waals surface area (Å²) in [6, 6.07) is -0.531. The van der Waals surface area contributed by atoms with Crippen molar-refractivity contribution in [3.63, 3.8) is 0 Å². The average molecular weight is 559 g/mol. The van der Waals surface area contributed by atoms with Gasteiger partial charge in [-0.3, -0.25) is 14.4 Å². The minimum atomic E-state index is -1.15. The summed E-state index contributed by atoms with van der Waals surface area (Å²) >= 11 is 0. The van der Waals surface area contributed by atoms with Gasteiger partial charge in [0.2, 0.25) is 5.78 Å². The number of hydrogen-bond acceptors (Lipinski definition) is 7. The number of rotatable bonds is 4. The maximum absolute atomic E-state index is 13.4. The number of fused-ring (bicyclic) bond motifs is 2. The summed E-state index contributed by atoms with van der Waals surface area (Å²) in [5.41, 5.74) is 1.13. The molecule has 220 valence electrons. The molecule has 0 radical (unpaired) electrons. The molecule has 1 aliphatic heterocycles. The number of carboxylic acid groups (broad SMARTS) is 1. The van der Waals surface area contributed by atoms with Gasteiger partial charge in [0.05, 0.1) is 30.1 Å². The number of hydrogen-bond donors (Lipinski definition) is 3. The maximum atomic E-state index is 13.4. The lowest BCUT2D eigenvalue weighted by Crippen LogP contribution is -2.41. The van der Waals surface area contributed by atoms with Gasteiger partial charge in [0.1, 0.15) is 0 Å². The fraction of sp³-hybridized carbons (Fsp3) is 0.533. The Morgan fingerprint density at radius 3 is 2.25 bits per heavy atom. The van der Waals surface area contributed by atoms with Crippen molar-refractivity contribution in [1.82, 2.24) is 10.6 Å². The molecule has 2 rings (SSSR count). The second-order valence-corrected chi connectivity index (χ2v) is 10.5. The Kier molecular flexibility index (Phi) is 12.2. The lowest BCUT2D eigenvalue weighted by Gasteiger charge is -2.34. The summed E-state index contributed by atoms with van der Waals surface area (Å²) < 4.78 is 17.4. The zero-order valence-corrected chi connectivity index (χ0v) is 24.5. The quantitative estimate of drug-likeness (QED) is 0.352. The smallest absolute Gasteiger partial charge is 0.405 e. The van der Waals surface area contributed by atoms with Crippen molar-refractivity contribution in [2.45, 2.75) is 65.4 Å². The van der Waals surface area contributed by atoms with E-state index in [-0.39, 0.29) is 29.0 Å². The molecule has 0 aromatic rings. The molecule has 0 spiro atoms. The van der Waals surface area contributed by atoms with Crippen LogP contribution in [0.1, 0.15) is 41.0 Å². The molecule has 0 aromatic heterocycles. The first-order valence-electron chi connectivity index (χ1n) is 13.3. The van der Waals surface area contributed by atoms with Crippen LogP contribution in [0.15, 0.2) is 58.9 Å². The molecule has 10 nitrogen and oxygen atoms in total. The van der Waals surface area contributed by atoms with Gasteiger partial charge in [-0.05, 0) is 38.2 Å². The minimum absolute atomic E-state index is 0.123. The van der Waals surface area contributed by atoms with E-state index in [4.69, 9.17) is 14.2 Å². The van der Waals surface area contributed by atoms with Crippen molar-refractivity contribution in [3.8, 4) is 0 Å². The first kappa shape index (κ1) is 32.9. The van der Waals surface area contributed by atoms with E-state index in [0.29, 0.717) is 12.0 Å². The summed E-state index contributed by atoms with van der Waals surface area (Å²) in [7, 11) is 4.63. The minimum Gasteiger partial charge on any atom is -0.465 e. The molecule has 0 aromatic carbocycles. The Balaban J connectivity index is 2.62. The average Bonchev–Trinajstić information content (AvgIpc) is 2.88. The van der Waals surface area contributed by atoms with Crippen LogP contribution >= 0.6 is 0 Å². The molecule has 0 unspecified atom stereocenters. The maximum Gasteiger partial charge on any atom is 0.405 e. The predicted octanol–water partition coefficient (Wildman–Crippen LogP) is 3.51. The van der Waals surface area contributed by atoms with Crippen molar-refractivity contribution in [1.29, 1.82) is 0 Å². The van der Waals surface area contributed by atoms with Crippen LogP contribution in [0.4, 0.5) is 4.79 Å². The molecule has 1 aliphatic carbocycles. The van der Waals surface area contributed by atoms with Crippen molar-refractivity contribution in [3.05, 3.63) is 58.9 Å². The van der Waals surface area contributed by atoms with E-state index in [1.54, 1.807) is 39.4 Å². The third-order valence-corrected chi connectivity index (χ3v) is 7.42. The summed E-state index contributed by atoms with van der Waals surface area (Å²) in [5, 5.41) is 14.6. The molecular formula is C30H42N2O8. The van der Waals surface area contributed by atoms with Gasteiger partial charge in [-0.15, -0.1) is 0 Å². The van der Waals surface area contributed by atoms with Crippen molar-refractivity contribution < 1.29 is 38.5 Å². The van der Waals surface area contributed by atoms with Gasteiger partial charge < -0.3 is 30.0 Å². The molecule has 0 fully saturated rings. The van der Waals surface area contributed by atoms with Gasteiger partial charge in [-0.2, -0.15) is 0 Å². The third kappa shape index (κ3) is 8.33. The zero-order valence-electron chi connectivity index (χ0n) is 24.5. The van der Waals surface area contributed by atoms with Gasteiger partial charge in [0, 0.05) is 44.5 Å². The van der Waals surface area contributed by atoms with Crippen LogP contribution in [-0.4, -0.2) is 74.4 Å². The third-order valence-electron chi connectivity index (χ3n) is 7.42. The van der Waals surface area contributed by atoms with Crippen molar-refractivity contribution in [2.24, 2.45) is 17.8 Å². The summed E-state index contributed by atoms with van der Waals surface area (Å²) in [6.07, 6.45) is 7.04. The summed E-state index contributed by atoms with van der Waals surface area (Å²) in [5.74, 6) is -2.17. The summed E-state index contributed by atoms with van der Waals surface area (Å²) in [4.78, 5) is 50.4. The van der Waals surface area contributed by atoms with Gasteiger partial charge >= 0.3 is 6.09 Å². The fourth-order valence-electron chi connectivity index (χ4n) is 5.34. The molecule has 10 heteroatoms. The number of methoxy groups -OCH3 is 3. The molecule has 0 saturated carbocycles. The highest BCUT2D eigenvalue weighted by atomic mass is 16.5. The monoisotopic (exact) mass is 558 g/mol. The number of Topliss-reactive ketones (excluding diaryl/α,β-unsaturated/α-hetero) is 1. The number of nitrogens with one attached hydrogen (secondary N) is 2. The van der Waals surface area contributed by atoms with Crippen LogP contribution in [0.25, 0.3) is 0 Å². The van der Waals surface area contributed by atoms with E-state index in [9.17, 15) is 24.3 Å². The molecule has 1 heterocycles. The van der Waals surface area contributed by atoms with Gasteiger partial charge in [-0.25, -0.2) is 4.79 Å². The number of amides is 2. The topological polar surface area (TPSA) is 140 Å². The number of carbonyl (C=O) groups excluding carboxylic acids is 3. The number of carbonyl (C=O) groups is 4. The molecule has 0 saturated heterocycles. The molecule has 2 aliphatic rings. The van der Waals surface area contributed by atoms with Gasteiger partial charge in [-0.1, -0.05) is 50.6 Å². The van der Waals surface area contributed by atoms with Crippen LogP contribution in [-0.2, 0) is 28.6 Å². The van der Waals surface area contributed by atoms with E-state index in [1.807, 2.05) is 33.8 Å². The Hall–Kier alpha value is -3.34. The van der Waals surface area contributed by atoms with Crippen molar-refractivity contribution in [2.75, 3.05) is 21.3 Å². The van der Waals surface area contributed by atoms with Gasteiger partial charge in [0.25, 0.3) is 5.91 Å². The molecule has 40 heavy (non-hydrogen) atoms. The number of allylic oxidation sites excluding steroid dienone is 5. The Bertz CT molecular complexity index is 1130. The highest BCUT2D eigenvalue weighted by Gasteiger charge is 2.36. The molecule has 7 atom stereocenters. The van der Waals surface area contributed by atoms with Crippen LogP contribution in [0.3, 0.4) is 0 Å². The summed E-state index contributed by atoms with van der Waals surface area (Å²) in [6.45, 7) is 9.17. The van der Waals surface area contributed by atoms with Crippen LogP contribution in [0.5, 0.6) is 0 Å². The first-order valence-corrected chi connectivity index (χ1v) is 13.3. The highest BCUT2D eigenvalue weighted by Crippen LogP contribution is 2.29. The second-order valence-electron chi connectivity index (χ2n) is 10.5. The molecular weight excluding hydrogens is 516 g/mol. The SMILES string of the molecule is CO[C@H]1[C@@H](OC)C[C@H](C)[C@@H](OC)C2=CC(=O)C=C(NC(=O)C(C)=CC=C[C@H](C)[C@@H](NC(=O)O)C(C)=C[C@@H]1C)C2=O. The van der Waals surface area contributed by atoms with E-state index in [1.165, 1.54) is 13.2 Å². The normalized spacial score (nSPS) is 31.0. The van der Waals surface area contributed by atoms with Gasteiger partial charge in [0.15, 0.2) is 5.78 Å². The number of ether oxygens (including phenoxy) is 3. The molecule has 3 N–H and O–H groups in total. The Morgan fingerprint density at radius 1 is 1.00 bits per heavy atom. The van der Waals surface area contributed by atoms with Crippen LogP contribution < -0.4 is 10.6 Å². The largest absolute Gasteiger partial charge is 0.465 e. The van der Waals surface area contributed by atoms with Crippen LogP contribution in [0, 0.1) is 17.8 Å². The Morgan fingerprint density at radius 2 is 1.68 bits per heavy atom.